The molecule has 1 heterocycles. The summed E-state index contributed by atoms with van der Waals surface area (Å²) in [5.41, 5.74) is 0.418. The zero-order chi connectivity index (χ0) is 10.4. The molecule has 1 amide bonds. The number of aromatic nitrogens is 2. The standard InChI is InChI=1S/C9H15N3OS/c1-3-7(4-2)5-10-9(13)8-6-11-14-12-8/h6-7H,3-5H2,1-2H3,(H,10,13). The number of hydrogen-bond acceptors (Lipinski definition) is 4. The van der Waals surface area contributed by atoms with Gasteiger partial charge in [-0.3, -0.25) is 4.79 Å². The molecule has 0 spiro atoms. The van der Waals surface area contributed by atoms with Crippen molar-refractivity contribution in [1.29, 1.82) is 0 Å². The molecule has 1 rings (SSSR count). The van der Waals surface area contributed by atoms with Crippen molar-refractivity contribution < 1.29 is 4.79 Å². The molecular formula is C9H15N3OS. The van der Waals surface area contributed by atoms with E-state index in [1.54, 1.807) is 0 Å². The summed E-state index contributed by atoms with van der Waals surface area (Å²) in [4.78, 5) is 11.4. The molecule has 4 nitrogen and oxygen atoms in total. The molecule has 5 heteroatoms. The van der Waals surface area contributed by atoms with Crippen LogP contribution < -0.4 is 5.32 Å². The second-order valence-electron chi connectivity index (χ2n) is 3.19. The highest BCUT2D eigenvalue weighted by Crippen LogP contribution is 2.05. The average molecular weight is 213 g/mol. The van der Waals surface area contributed by atoms with Crippen LogP contribution in [0.25, 0.3) is 0 Å². The third kappa shape index (κ3) is 3.06. The summed E-state index contributed by atoms with van der Waals surface area (Å²) < 4.78 is 7.64. The molecule has 1 N–H and O–H groups in total. The number of nitrogens with zero attached hydrogens (tertiary/aromatic N) is 2. The molecule has 0 unspecified atom stereocenters. The second-order valence-corrected chi connectivity index (χ2v) is 3.74. The van der Waals surface area contributed by atoms with Crippen molar-refractivity contribution in [3.63, 3.8) is 0 Å². The minimum absolute atomic E-state index is 0.120. The highest BCUT2D eigenvalue weighted by atomic mass is 32.1. The lowest BCUT2D eigenvalue weighted by Crippen LogP contribution is -2.29. The predicted octanol–water partition coefficient (Wildman–Crippen LogP) is 1.70. The van der Waals surface area contributed by atoms with Crippen molar-refractivity contribution in [2.45, 2.75) is 26.7 Å². The van der Waals surface area contributed by atoms with Gasteiger partial charge in [0.1, 0.15) is 0 Å². The van der Waals surface area contributed by atoms with Crippen molar-refractivity contribution >= 4 is 17.6 Å². The molecule has 0 aromatic carbocycles. The Labute approximate surface area is 88.1 Å². The highest BCUT2D eigenvalue weighted by Gasteiger charge is 2.10. The van der Waals surface area contributed by atoms with Gasteiger partial charge in [0.25, 0.3) is 5.91 Å². The van der Waals surface area contributed by atoms with E-state index in [1.807, 2.05) is 0 Å². The van der Waals surface area contributed by atoms with Crippen molar-refractivity contribution in [2.75, 3.05) is 6.54 Å². The maximum Gasteiger partial charge on any atom is 0.272 e. The smallest absolute Gasteiger partial charge is 0.272 e. The topological polar surface area (TPSA) is 54.9 Å². The van der Waals surface area contributed by atoms with E-state index < -0.39 is 0 Å². The molecule has 1 aromatic heterocycles. The second kappa shape index (κ2) is 5.70. The van der Waals surface area contributed by atoms with Crippen molar-refractivity contribution in [3.05, 3.63) is 11.9 Å². The molecule has 1 aromatic rings. The van der Waals surface area contributed by atoms with Gasteiger partial charge in [-0.2, -0.15) is 8.75 Å². The number of carbonyl (C=O) groups excluding carboxylic acids is 1. The Morgan fingerprint density at radius 2 is 2.29 bits per heavy atom. The fourth-order valence-electron chi connectivity index (χ4n) is 1.17. The molecule has 14 heavy (non-hydrogen) atoms. The molecule has 0 saturated carbocycles. The van der Waals surface area contributed by atoms with Gasteiger partial charge in [-0.05, 0) is 5.92 Å². The summed E-state index contributed by atoms with van der Waals surface area (Å²) >= 11 is 1.05. The minimum atomic E-state index is -0.120. The van der Waals surface area contributed by atoms with Crippen LogP contribution in [-0.4, -0.2) is 21.2 Å². The Morgan fingerprint density at radius 1 is 1.57 bits per heavy atom. The van der Waals surface area contributed by atoms with Gasteiger partial charge in [0, 0.05) is 6.54 Å². The quantitative estimate of drug-likeness (QED) is 0.810. The molecule has 0 aliphatic heterocycles. The Kier molecular flexibility index (Phi) is 4.52. The fourth-order valence-corrected chi connectivity index (χ4v) is 1.58. The van der Waals surface area contributed by atoms with Crippen LogP contribution in [0.5, 0.6) is 0 Å². The van der Waals surface area contributed by atoms with E-state index in [0.29, 0.717) is 11.6 Å². The molecule has 0 fully saturated rings. The number of nitrogens with one attached hydrogen (secondary N) is 1. The van der Waals surface area contributed by atoms with E-state index in [2.05, 4.69) is 27.9 Å². The molecular weight excluding hydrogens is 198 g/mol. The Morgan fingerprint density at radius 3 is 2.79 bits per heavy atom. The maximum absolute atomic E-state index is 11.4. The van der Waals surface area contributed by atoms with Crippen LogP contribution in [0.2, 0.25) is 0 Å². The van der Waals surface area contributed by atoms with Gasteiger partial charge in [-0.15, -0.1) is 0 Å². The maximum atomic E-state index is 11.4. The zero-order valence-corrected chi connectivity index (χ0v) is 9.30. The number of hydrogen-bond donors (Lipinski definition) is 1. The predicted molar refractivity (Wildman–Crippen MR) is 56.3 cm³/mol. The molecule has 0 radical (unpaired) electrons. The molecule has 0 aliphatic carbocycles. The van der Waals surface area contributed by atoms with E-state index >= 15 is 0 Å². The first-order valence-electron chi connectivity index (χ1n) is 4.83. The summed E-state index contributed by atoms with van der Waals surface area (Å²) in [6.07, 6.45) is 3.67. The third-order valence-electron chi connectivity index (χ3n) is 2.30. The van der Waals surface area contributed by atoms with Gasteiger partial charge in [0.15, 0.2) is 5.69 Å². The van der Waals surface area contributed by atoms with Gasteiger partial charge in [0.05, 0.1) is 17.9 Å². The molecule has 0 saturated heterocycles. The lowest BCUT2D eigenvalue weighted by atomic mass is 10.0. The number of rotatable bonds is 5. The summed E-state index contributed by atoms with van der Waals surface area (Å²) in [7, 11) is 0. The van der Waals surface area contributed by atoms with E-state index in [9.17, 15) is 4.79 Å². The Hall–Kier alpha value is -0.970. The number of amides is 1. The molecule has 0 atom stereocenters. The van der Waals surface area contributed by atoms with Gasteiger partial charge in [0.2, 0.25) is 0 Å². The van der Waals surface area contributed by atoms with E-state index in [1.165, 1.54) is 6.20 Å². The third-order valence-corrected chi connectivity index (χ3v) is 2.78. The van der Waals surface area contributed by atoms with Gasteiger partial charge < -0.3 is 5.32 Å². The van der Waals surface area contributed by atoms with Crippen molar-refractivity contribution in [2.24, 2.45) is 5.92 Å². The normalized spacial score (nSPS) is 10.5. The SMILES string of the molecule is CCC(CC)CNC(=O)c1cnsn1. The van der Waals surface area contributed by atoms with Gasteiger partial charge in [-0.25, -0.2) is 0 Å². The van der Waals surface area contributed by atoms with Crippen LogP contribution in [0.4, 0.5) is 0 Å². The van der Waals surface area contributed by atoms with Crippen LogP contribution >= 0.6 is 11.7 Å². The molecule has 78 valence electrons. The first kappa shape index (κ1) is 11.1. The van der Waals surface area contributed by atoms with Gasteiger partial charge in [-0.1, -0.05) is 26.7 Å². The zero-order valence-electron chi connectivity index (χ0n) is 8.49. The monoisotopic (exact) mass is 213 g/mol. The molecule has 0 aliphatic rings. The summed E-state index contributed by atoms with van der Waals surface area (Å²) in [6, 6.07) is 0. The first-order chi connectivity index (χ1) is 6.77. The first-order valence-corrected chi connectivity index (χ1v) is 5.56. The summed E-state index contributed by atoms with van der Waals surface area (Å²) in [5, 5.41) is 2.85. The van der Waals surface area contributed by atoms with Gasteiger partial charge >= 0.3 is 0 Å². The van der Waals surface area contributed by atoms with Crippen molar-refractivity contribution in [1.82, 2.24) is 14.1 Å². The minimum Gasteiger partial charge on any atom is -0.350 e. The largest absolute Gasteiger partial charge is 0.350 e. The Bertz CT molecular complexity index is 270. The van der Waals surface area contributed by atoms with E-state index in [0.717, 1.165) is 31.1 Å². The summed E-state index contributed by atoms with van der Waals surface area (Å²) in [6.45, 7) is 4.98. The van der Waals surface area contributed by atoms with E-state index in [-0.39, 0.29) is 5.91 Å². The lowest BCUT2D eigenvalue weighted by molar-refractivity contribution is 0.0942. The fraction of sp³-hybridized carbons (Fsp3) is 0.667. The molecule has 0 bridgehead atoms. The van der Waals surface area contributed by atoms with Crippen LogP contribution in [0.3, 0.4) is 0 Å². The average Bonchev–Trinajstić information content (AvgIpc) is 2.72. The summed E-state index contributed by atoms with van der Waals surface area (Å²) in [5.74, 6) is 0.441. The van der Waals surface area contributed by atoms with Crippen LogP contribution in [-0.2, 0) is 0 Å². The lowest BCUT2D eigenvalue weighted by Gasteiger charge is -2.11. The van der Waals surface area contributed by atoms with Crippen molar-refractivity contribution in [3.8, 4) is 0 Å². The van der Waals surface area contributed by atoms with E-state index in [4.69, 9.17) is 0 Å². The number of carbonyl (C=O) groups is 1. The Balaban J connectivity index is 2.35. The van der Waals surface area contributed by atoms with Crippen LogP contribution in [0, 0.1) is 5.92 Å². The van der Waals surface area contributed by atoms with Crippen LogP contribution in [0.1, 0.15) is 37.2 Å². The highest BCUT2D eigenvalue weighted by molar-refractivity contribution is 6.99. The van der Waals surface area contributed by atoms with Crippen LogP contribution in [0.15, 0.2) is 6.20 Å².